The highest BCUT2D eigenvalue weighted by Gasteiger charge is 2.04. The van der Waals surface area contributed by atoms with Crippen molar-refractivity contribution in [2.24, 2.45) is 5.73 Å². The molecular weight excluding hydrogens is 258 g/mol. The summed E-state index contributed by atoms with van der Waals surface area (Å²) >= 11 is 1.70. The third-order valence-corrected chi connectivity index (χ3v) is 3.78. The fourth-order valence-electron chi connectivity index (χ4n) is 1.37. The lowest BCUT2D eigenvalue weighted by Gasteiger charge is -2.08. The molecule has 0 aliphatic heterocycles. The number of nitrogens with two attached hydrogens (primary N) is 1. The summed E-state index contributed by atoms with van der Waals surface area (Å²) in [5.41, 5.74) is 7.10. The summed E-state index contributed by atoms with van der Waals surface area (Å²) in [6.07, 6.45) is 1.44. The number of anilines is 1. The molecule has 19 heavy (non-hydrogen) atoms. The number of carbonyl (C=O) groups excluding carboxylic acids is 1. The Labute approximate surface area is 118 Å². The molecule has 0 aliphatic carbocycles. The van der Waals surface area contributed by atoms with Crippen molar-refractivity contribution in [1.29, 1.82) is 5.26 Å². The van der Waals surface area contributed by atoms with Gasteiger partial charge in [-0.3, -0.25) is 4.79 Å². The molecule has 0 spiro atoms. The lowest BCUT2D eigenvalue weighted by atomic mass is 10.2. The molecule has 0 aliphatic rings. The van der Waals surface area contributed by atoms with Gasteiger partial charge in [-0.2, -0.15) is 17.0 Å². The molecule has 0 radical (unpaired) electrons. The van der Waals surface area contributed by atoms with Crippen molar-refractivity contribution >= 4 is 23.4 Å². The van der Waals surface area contributed by atoms with Crippen molar-refractivity contribution in [2.75, 3.05) is 16.8 Å². The van der Waals surface area contributed by atoms with E-state index in [9.17, 15) is 4.79 Å². The first-order chi connectivity index (χ1) is 9.15. The number of carbonyl (C=O) groups is 1. The van der Waals surface area contributed by atoms with Gasteiger partial charge in [0.25, 0.3) is 0 Å². The average molecular weight is 277 g/mol. The predicted molar refractivity (Wildman–Crippen MR) is 80.0 cm³/mol. The van der Waals surface area contributed by atoms with E-state index in [4.69, 9.17) is 11.0 Å². The SMILES string of the molecule is CCC(N)CSCCC(=O)Nc1ccc(C#N)cc1. The molecule has 1 rings (SSSR count). The Balaban J connectivity index is 2.25. The van der Waals surface area contributed by atoms with Crippen LogP contribution in [-0.2, 0) is 4.79 Å². The zero-order valence-electron chi connectivity index (χ0n) is 11.1. The van der Waals surface area contributed by atoms with Gasteiger partial charge >= 0.3 is 0 Å². The zero-order chi connectivity index (χ0) is 14.1. The van der Waals surface area contributed by atoms with E-state index in [2.05, 4.69) is 12.2 Å². The molecule has 0 fully saturated rings. The highest BCUT2D eigenvalue weighted by atomic mass is 32.2. The van der Waals surface area contributed by atoms with Gasteiger partial charge in [-0.15, -0.1) is 0 Å². The topological polar surface area (TPSA) is 78.9 Å². The molecule has 4 nitrogen and oxygen atoms in total. The molecule has 0 aromatic heterocycles. The standard InChI is InChI=1S/C14H19N3OS/c1-2-12(16)10-19-8-7-14(18)17-13-5-3-11(9-15)4-6-13/h3-6,12H,2,7-8,10,16H2,1H3,(H,17,18). The van der Waals surface area contributed by atoms with Crippen molar-refractivity contribution in [3.8, 4) is 6.07 Å². The van der Waals surface area contributed by atoms with Crippen molar-refractivity contribution in [2.45, 2.75) is 25.8 Å². The molecule has 5 heteroatoms. The first kappa shape index (κ1) is 15.5. The monoisotopic (exact) mass is 277 g/mol. The molecule has 1 unspecified atom stereocenters. The van der Waals surface area contributed by atoms with Crippen LogP contribution in [0.1, 0.15) is 25.3 Å². The van der Waals surface area contributed by atoms with E-state index in [1.807, 2.05) is 6.07 Å². The molecule has 102 valence electrons. The van der Waals surface area contributed by atoms with Gasteiger partial charge in [0.2, 0.25) is 5.91 Å². The van der Waals surface area contributed by atoms with Crippen LogP contribution in [0.4, 0.5) is 5.69 Å². The molecule has 1 aromatic carbocycles. The molecular formula is C14H19N3OS. The van der Waals surface area contributed by atoms with Gasteiger partial charge in [-0.1, -0.05) is 6.92 Å². The van der Waals surface area contributed by atoms with E-state index in [0.29, 0.717) is 12.0 Å². The Bertz CT molecular complexity index is 439. The van der Waals surface area contributed by atoms with Crippen LogP contribution in [0.3, 0.4) is 0 Å². The Morgan fingerprint density at radius 1 is 1.47 bits per heavy atom. The van der Waals surface area contributed by atoms with Gasteiger partial charge in [0, 0.05) is 29.7 Å². The largest absolute Gasteiger partial charge is 0.327 e. The predicted octanol–water partition coefficient (Wildman–Crippen LogP) is 2.36. The number of amides is 1. The summed E-state index contributed by atoms with van der Waals surface area (Å²) in [6.45, 7) is 2.06. The summed E-state index contributed by atoms with van der Waals surface area (Å²) in [6, 6.07) is 9.09. The summed E-state index contributed by atoms with van der Waals surface area (Å²) < 4.78 is 0. The lowest BCUT2D eigenvalue weighted by Crippen LogP contribution is -2.22. The Morgan fingerprint density at radius 3 is 2.74 bits per heavy atom. The van der Waals surface area contributed by atoms with Crippen LogP contribution in [0, 0.1) is 11.3 Å². The normalized spacial score (nSPS) is 11.6. The Kier molecular flexibility index (Phi) is 7.01. The number of thioether (sulfide) groups is 1. The first-order valence-corrected chi connectivity index (χ1v) is 7.44. The minimum atomic E-state index is -0.0118. The van der Waals surface area contributed by atoms with E-state index in [0.717, 1.165) is 23.6 Å². The van der Waals surface area contributed by atoms with Crippen LogP contribution in [0.5, 0.6) is 0 Å². The van der Waals surface area contributed by atoms with Crippen LogP contribution in [0.25, 0.3) is 0 Å². The van der Waals surface area contributed by atoms with Gasteiger partial charge in [-0.25, -0.2) is 0 Å². The highest BCUT2D eigenvalue weighted by Crippen LogP contribution is 2.10. The second-order valence-corrected chi connectivity index (χ2v) is 5.38. The molecule has 0 saturated heterocycles. The maximum atomic E-state index is 11.7. The second-order valence-electron chi connectivity index (χ2n) is 4.23. The van der Waals surface area contributed by atoms with E-state index < -0.39 is 0 Å². The highest BCUT2D eigenvalue weighted by molar-refractivity contribution is 7.99. The quantitative estimate of drug-likeness (QED) is 0.750. The molecule has 0 saturated carbocycles. The van der Waals surface area contributed by atoms with Crippen molar-refractivity contribution in [3.05, 3.63) is 29.8 Å². The Hall–Kier alpha value is -1.51. The first-order valence-electron chi connectivity index (χ1n) is 6.29. The molecule has 0 bridgehead atoms. The summed E-state index contributed by atoms with van der Waals surface area (Å²) in [7, 11) is 0. The maximum absolute atomic E-state index is 11.7. The van der Waals surface area contributed by atoms with Gasteiger partial charge in [0.1, 0.15) is 0 Å². The molecule has 1 amide bonds. The number of hydrogen-bond acceptors (Lipinski definition) is 4. The Morgan fingerprint density at radius 2 is 2.16 bits per heavy atom. The second kappa shape index (κ2) is 8.57. The minimum absolute atomic E-state index is 0.0118. The van der Waals surface area contributed by atoms with Gasteiger partial charge in [-0.05, 0) is 30.7 Å². The third kappa shape index (κ3) is 6.27. The molecule has 3 N–H and O–H groups in total. The number of nitriles is 1. The van der Waals surface area contributed by atoms with E-state index in [1.165, 1.54) is 0 Å². The number of benzene rings is 1. The van der Waals surface area contributed by atoms with Crippen LogP contribution < -0.4 is 11.1 Å². The number of nitrogens with one attached hydrogen (secondary N) is 1. The summed E-state index contributed by atoms with van der Waals surface area (Å²) in [5, 5.41) is 11.5. The smallest absolute Gasteiger partial charge is 0.225 e. The number of hydrogen-bond donors (Lipinski definition) is 2. The third-order valence-electron chi connectivity index (χ3n) is 2.63. The van der Waals surface area contributed by atoms with Crippen LogP contribution >= 0.6 is 11.8 Å². The van der Waals surface area contributed by atoms with Crippen LogP contribution in [-0.4, -0.2) is 23.5 Å². The summed E-state index contributed by atoms with van der Waals surface area (Å²) in [4.78, 5) is 11.7. The van der Waals surface area contributed by atoms with Crippen molar-refractivity contribution in [3.63, 3.8) is 0 Å². The minimum Gasteiger partial charge on any atom is -0.327 e. The van der Waals surface area contributed by atoms with E-state index in [1.54, 1.807) is 36.0 Å². The fourth-order valence-corrected chi connectivity index (χ4v) is 2.40. The maximum Gasteiger partial charge on any atom is 0.225 e. The zero-order valence-corrected chi connectivity index (χ0v) is 11.9. The molecule has 0 heterocycles. The van der Waals surface area contributed by atoms with E-state index >= 15 is 0 Å². The molecule has 1 atom stereocenters. The van der Waals surface area contributed by atoms with Gasteiger partial charge in [0.05, 0.1) is 11.6 Å². The van der Waals surface area contributed by atoms with Gasteiger partial charge < -0.3 is 11.1 Å². The van der Waals surface area contributed by atoms with Crippen molar-refractivity contribution in [1.82, 2.24) is 0 Å². The fraction of sp³-hybridized carbons (Fsp3) is 0.429. The molecule has 1 aromatic rings. The van der Waals surface area contributed by atoms with E-state index in [-0.39, 0.29) is 11.9 Å². The van der Waals surface area contributed by atoms with Crippen molar-refractivity contribution < 1.29 is 4.79 Å². The number of rotatable bonds is 7. The number of nitrogens with zero attached hydrogens (tertiary/aromatic N) is 1. The van der Waals surface area contributed by atoms with Crippen LogP contribution in [0.2, 0.25) is 0 Å². The summed E-state index contributed by atoms with van der Waals surface area (Å²) in [5.74, 6) is 1.65. The average Bonchev–Trinajstić information content (AvgIpc) is 2.44. The van der Waals surface area contributed by atoms with Crippen LogP contribution in [0.15, 0.2) is 24.3 Å². The van der Waals surface area contributed by atoms with Gasteiger partial charge in [0.15, 0.2) is 0 Å². The lowest BCUT2D eigenvalue weighted by molar-refractivity contribution is -0.115.